The number of hydrogen-bond acceptors (Lipinski definition) is 4. The zero-order valence-corrected chi connectivity index (χ0v) is 10.5. The Morgan fingerprint density at radius 3 is 2.69 bits per heavy atom. The summed E-state index contributed by atoms with van der Waals surface area (Å²) in [6.45, 7) is 8.46. The lowest BCUT2D eigenvalue weighted by Crippen LogP contribution is -2.35. The molecule has 2 N–H and O–H groups in total. The summed E-state index contributed by atoms with van der Waals surface area (Å²) in [4.78, 5) is 8.11. The van der Waals surface area contributed by atoms with Gasteiger partial charge in [-0.25, -0.2) is 9.97 Å². The minimum absolute atomic E-state index is 0.476. The predicted octanol–water partition coefficient (Wildman–Crippen LogP) is 1.99. The molecule has 1 unspecified atom stereocenters. The Balaban J connectivity index is 2.50. The van der Waals surface area contributed by atoms with Crippen molar-refractivity contribution >= 4 is 5.82 Å². The zero-order chi connectivity index (χ0) is 12.2. The van der Waals surface area contributed by atoms with Crippen LogP contribution in [0.3, 0.4) is 0 Å². The highest BCUT2D eigenvalue weighted by atomic mass is 16.3. The smallest absolute Gasteiger partial charge is 0.129 e. The van der Waals surface area contributed by atoms with E-state index in [2.05, 4.69) is 29.1 Å². The van der Waals surface area contributed by atoms with Gasteiger partial charge in [-0.05, 0) is 26.2 Å². The molecule has 1 rings (SSSR count). The molecule has 1 atom stereocenters. The molecule has 0 aliphatic heterocycles. The van der Waals surface area contributed by atoms with E-state index in [1.165, 1.54) is 6.33 Å². The Kier molecular flexibility index (Phi) is 4.24. The fraction of sp³-hybridized carbons (Fsp3) is 0.667. The number of nitrogens with one attached hydrogen (secondary N) is 1. The molecule has 0 aromatic carbocycles. The van der Waals surface area contributed by atoms with Crippen molar-refractivity contribution in [1.82, 2.24) is 9.97 Å². The molecule has 0 amide bonds. The summed E-state index contributed by atoms with van der Waals surface area (Å²) in [7, 11) is 0. The first kappa shape index (κ1) is 12.9. The lowest BCUT2D eigenvalue weighted by Gasteiger charge is -2.25. The molecule has 0 saturated heterocycles. The molecule has 1 aromatic rings. The standard InChI is InChI=1S/C12H21N3O/c1-9(2)6-12(4,16)7-13-11-5-10(3)14-8-15-11/h5,8-9,16H,6-7H2,1-4H3,(H,13,14,15). The molecule has 1 aromatic heterocycles. The lowest BCUT2D eigenvalue weighted by molar-refractivity contribution is 0.0515. The molecular weight excluding hydrogens is 202 g/mol. The topological polar surface area (TPSA) is 58.0 Å². The van der Waals surface area contributed by atoms with Gasteiger partial charge < -0.3 is 10.4 Å². The molecule has 90 valence electrons. The number of rotatable bonds is 5. The van der Waals surface area contributed by atoms with Gasteiger partial charge in [-0.3, -0.25) is 0 Å². The van der Waals surface area contributed by atoms with Crippen LogP contribution in [0.1, 0.15) is 32.9 Å². The fourth-order valence-corrected chi connectivity index (χ4v) is 1.78. The van der Waals surface area contributed by atoms with Crippen molar-refractivity contribution < 1.29 is 5.11 Å². The Morgan fingerprint density at radius 1 is 1.44 bits per heavy atom. The van der Waals surface area contributed by atoms with Crippen molar-refractivity contribution in [2.75, 3.05) is 11.9 Å². The second-order valence-corrected chi connectivity index (χ2v) is 4.99. The van der Waals surface area contributed by atoms with E-state index in [0.717, 1.165) is 17.9 Å². The maximum Gasteiger partial charge on any atom is 0.129 e. The first-order chi connectivity index (χ1) is 7.39. The van der Waals surface area contributed by atoms with Gasteiger partial charge in [-0.15, -0.1) is 0 Å². The van der Waals surface area contributed by atoms with Gasteiger partial charge in [-0.1, -0.05) is 13.8 Å². The summed E-state index contributed by atoms with van der Waals surface area (Å²) in [6.07, 6.45) is 2.29. The third-order valence-corrected chi connectivity index (χ3v) is 2.30. The van der Waals surface area contributed by atoms with Crippen molar-refractivity contribution in [1.29, 1.82) is 0 Å². The quantitative estimate of drug-likeness (QED) is 0.801. The van der Waals surface area contributed by atoms with E-state index in [9.17, 15) is 5.11 Å². The van der Waals surface area contributed by atoms with Crippen LogP contribution < -0.4 is 5.32 Å². The van der Waals surface area contributed by atoms with E-state index in [0.29, 0.717) is 12.5 Å². The molecule has 0 saturated carbocycles. The normalized spacial score (nSPS) is 14.9. The summed E-state index contributed by atoms with van der Waals surface area (Å²) in [5, 5.41) is 13.2. The largest absolute Gasteiger partial charge is 0.388 e. The number of aryl methyl sites for hydroxylation is 1. The average Bonchev–Trinajstić information content (AvgIpc) is 2.13. The van der Waals surface area contributed by atoms with E-state index in [1.54, 1.807) is 0 Å². The summed E-state index contributed by atoms with van der Waals surface area (Å²) in [5.41, 5.74) is 0.216. The second-order valence-electron chi connectivity index (χ2n) is 4.99. The van der Waals surface area contributed by atoms with Crippen molar-refractivity contribution in [2.24, 2.45) is 5.92 Å². The van der Waals surface area contributed by atoms with Crippen LogP contribution in [0.25, 0.3) is 0 Å². The molecule has 0 radical (unpaired) electrons. The van der Waals surface area contributed by atoms with Crippen LogP contribution in [-0.4, -0.2) is 27.2 Å². The first-order valence-corrected chi connectivity index (χ1v) is 5.64. The number of anilines is 1. The van der Waals surface area contributed by atoms with Crippen LogP contribution in [0.2, 0.25) is 0 Å². The average molecular weight is 223 g/mol. The Hall–Kier alpha value is -1.16. The van der Waals surface area contributed by atoms with Crippen LogP contribution in [-0.2, 0) is 0 Å². The summed E-state index contributed by atoms with van der Waals surface area (Å²) in [5.74, 6) is 1.24. The monoisotopic (exact) mass is 223 g/mol. The van der Waals surface area contributed by atoms with Crippen molar-refractivity contribution in [3.05, 3.63) is 18.1 Å². The highest BCUT2D eigenvalue weighted by Crippen LogP contribution is 2.16. The Labute approximate surface area is 97.1 Å². The summed E-state index contributed by atoms with van der Waals surface area (Å²) in [6, 6.07) is 1.87. The summed E-state index contributed by atoms with van der Waals surface area (Å²) >= 11 is 0. The van der Waals surface area contributed by atoms with Crippen molar-refractivity contribution in [2.45, 2.75) is 39.7 Å². The molecule has 0 aliphatic carbocycles. The van der Waals surface area contributed by atoms with Crippen LogP contribution in [0.5, 0.6) is 0 Å². The van der Waals surface area contributed by atoms with Gasteiger partial charge in [0, 0.05) is 18.3 Å². The summed E-state index contributed by atoms with van der Waals surface area (Å²) < 4.78 is 0. The first-order valence-electron chi connectivity index (χ1n) is 5.64. The van der Waals surface area contributed by atoms with Gasteiger partial charge in [-0.2, -0.15) is 0 Å². The van der Waals surface area contributed by atoms with Crippen molar-refractivity contribution in [3.63, 3.8) is 0 Å². The highest BCUT2D eigenvalue weighted by molar-refractivity contribution is 5.34. The number of aliphatic hydroxyl groups is 1. The lowest BCUT2D eigenvalue weighted by atomic mass is 9.94. The van der Waals surface area contributed by atoms with Gasteiger partial charge in [0.25, 0.3) is 0 Å². The second kappa shape index (κ2) is 5.25. The molecule has 0 bridgehead atoms. The van der Waals surface area contributed by atoms with Gasteiger partial charge in [0.2, 0.25) is 0 Å². The van der Waals surface area contributed by atoms with Crippen LogP contribution in [0.4, 0.5) is 5.82 Å². The zero-order valence-electron chi connectivity index (χ0n) is 10.5. The molecular formula is C12H21N3O. The minimum Gasteiger partial charge on any atom is -0.388 e. The Morgan fingerprint density at radius 2 is 2.12 bits per heavy atom. The maximum absolute atomic E-state index is 10.1. The third kappa shape index (κ3) is 4.57. The molecule has 4 heteroatoms. The van der Waals surface area contributed by atoms with E-state index in [4.69, 9.17) is 0 Å². The van der Waals surface area contributed by atoms with E-state index in [-0.39, 0.29) is 0 Å². The van der Waals surface area contributed by atoms with Gasteiger partial charge in [0.1, 0.15) is 12.1 Å². The van der Waals surface area contributed by atoms with Crippen LogP contribution in [0.15, 0.2) is 12.4 Å². The molecule has 4 nitrogen and oxygen atoms in total. The molecule has 0 spiro atoms. The van der Waals surface area contributed by atoms with E-state index >= 15 is 0 Å². The maximum atomic E-state index is 10.1. The Bertz CT molecular complexity index is 337. The van der Waals surface area contributed by atoms with Crippen LogP contribution >= 0.6 is 0 Å². The number of nitrogens with zero attached hydrogens (tertiary/aromatic N) is 2. The van der Waals surface area contributed by atoms with Crippen LogP contribution in [0, 0.1) is 12.8 Å². The molecule has 0 fully saturated rings. The van der Waals surface area contributed by atoms with E-state index in [1.807, 2.05) is 19.9 Å². The molecule has 0 aliphatic rings. The number of hydrogen-bond donors (Lipinski definition) is 2. The highest BCUT2D eigenvalue weighted by Gasteiger charge is 2.21. The van der Waals surface area contributed by atoms with Gasteiger partial charge in [0.05, 0.1) is 5.60 Å². The predicted molar refractivity (Wildman–Crippen MR) is 65.3 cm³/mol. The third-order valence-electron chi connectivity index (χ3n) is 2.30. The molecule has 16 heavy (non-hydrogen) atoms. The van der Waals surface area contributed by atoms with Gasteiger partial charge in [0.15, 0.2) is 0 Å². The van der Waals surface area contributed by atoms with Crippen molar-refractivity contribution in [3.8, 4) is 0 Å². The van der Waals surface area contributed by atoms with E-state index < -0.39 is 5.60 Å². The van der Waals surface area contributed by atoms with Gasteiger partial charge >= 0.3 is 0 Å². The number of aromatic nitrogens is 2. The minimum atomic E-state index is -0.701. The fourth-order valence-electron chi connectivity index (χ4n) is 1.78. The molecule has 1 heterocycles. The SMILES string of the molecule is Cc1cc(NCC(C)(O)CC(C)C)ncn1.